The summed E-state index contributed by atoms with van der Waals surface area (Å²) in [7, 11) is 0. The molecule has 0 aromatic carbocycles. The fraction of sp³-hybridized carbons (Fsp3) is 0.615. The van der Waals surface area contributed by atoms with E-state index in [1.54, 1.807) is 13.0 Å². The number of hydrogen-bond acceptors (Lipinski definition) is 5. The molecule has 1 aliphatic heterocycles. The van der Waals surface area contributed by atoms with Crippen molar-refractivity contribution < 1.29 is 23.9 Å². The van der Waals surface area contributed by atoms with E-state index in [0.717, 1.165) is 6.29 Å². The van der Waals surface area contributed by atoms with E-state index in [1.807, 2.05) is 0 Å². The number of rotatable bonds is 3. The van der Waals surface area contributed by atoms with E-state index in [2.05, 4.69) is 0 Å². The standard InChI is InChI=1S/C13H16O5/c1-2-17-11(15)13-5-3-9(8-14)7-10(13)4-6-18-12(13)16/h7-8,10H,2-6H2,1H3/t10-,13-/m1/s1. The van der Waals surface area contributed by atoms with Gasteiger partial charge in [-0.25, -0.2) is 0 Å². The van der Waals surface area contributed by atoms with Crippen LogP contribution in [0.5, 0.6) is 0 Å². The normalized spacial score (nSPS) is 30.8. The maximum absolute atomic E-state index is 12.1. The molecule has 2 aliphatic rings. The SMILES string of the molecule is CCOC(=O)[C@@]12CCC(C=O)=C[C@H]1CCOC2=O. The van der Waals surface area contributed by atoms with Crippen molar-refractivity contribution in [3.05, 3.63) is 11.6 Å². The summed E-state index contributed by atoms with van der Waals surface area (Å²) in [4.78, 5) is 35.0. The Morgan fingerprint density at radius 1 is 1.67 bits per heavy atom. The van der Waals surface area contributed by atoms with Gasteiger partial charge in [0, 0.05) is 5.92 Å². The second kappa shape index (κ2) is 4.92. The van der Waals surface area contributed by atoms with Crippen LogP contribution in [0.25, 0.3) is 0 Å². The van der Waals surface area contributed by atoms with E-state index in [0.29, 0.717) is 24.8 Å². The van der Waals surface area contributed by atoms with E-state index >= 15 is 0 Å². The lowest BCUT2D eigenvalue weighted by atomic mass is 9.65. The number of aldehydes is 1. The first-order valence-corrected chi connectivity index (χ1v) is 6.15. The molecule has 98 valence electrons. The lowest BCUT2D eigenvalue weighted by Gasteiger charge is -2.40. The van der Waals surface area contributed by atoms with Crippen molar-refractivity contribution in [1.82, 2.24) is 0 Å². The van der Waals surface area contributed by atoms with Crippen LogP contribution in [0.1, 0.15) is 26.2 Å². The average Bonchev–Trinajstić information content (AvgIpc) is 2.38. The molecule has 0 saturated carbocycles. The summed E-state index contributed by atoms with van der Waals surface area (Å²) >= 11 is 0. The minimum atomic E-state index is -1.24. The minimum absolute atomic E-state index is 0.227. The molecule has 0 N–H and O–H groups in total. The van der Waals surface area contributed by atoms with E-state index < -0.39 is 17.4 Å². The van der Waals surface area contributed by atoms with Gasteiger partial charge >= 0.3 is 11.9 Å². The molecular formula is C13H16O5. The van der Waals surface area contributed by atoms with Crippen LogP contribution in [0.2, 0.25) is 0 Å². The van der Waals surface area contributed by atoms with Crippen molar-refractivity contribution >= 4 is 18.2 Å². The molecule has 1 heterocycles. The van der Waals surface area contributed by atoms with Crippen molar-refractivity contribution in [2.24, 2.45) is 11.3 Å². The van der Waals surface area contributed by atoms with Crippen LogP contribution in [-0.4, -0.2) is 31.4 Å². The third-order valence-electron chi connectivity index (χ3n) is 3.67. The summed E-state index contributed by atoms with van der Waals surface area (Å²) in [5.74, 6) is -1.33. The maximum atomic E-state index is 12.1. The number of esters is 2. The van der Waals surface area contributed by atoms with Crippen molar-refractivity contribution in [3.63, 3.8) is 0 Å². The topological polar surface area (TPSA) is 69.7 Å². The number of ether oxygens (including phenoxy) is 2. The smallest absolute Gasteiger partial charge is 0.324 e. The zero-order chi connectivity index (χ0) is 13.2. The van der Waals surface area contributed by atoms with Crippen LogP contribution in [0.15, 0.2) is 11.6 Å². The van der Waals surface area contributed by atoms with Crippen LogP contribution in [0.3, 0.4) is 0 Å². The molecule has 1 aliphatic carbocycles. The predicted molar refractivity (Wildman–Crippen MR) is 61.5 cm³/mol. The number of allylic oxidation sites excluding steroid dienone is 2. The number of fused-ring (bicyclic) bond motifs is 1. The second-order valence-corrected chi connectivity index (χ2v) is 4.58. The number of carbonyl (C=O) groups is 3. The van der Waals surface area contributed by atoms with Gasteiger partial charge in [0.25, 0.3) is 0 Å². The summed E-state index contributed by atoms with van der Waals surface area (Å²) in [6.07, 6.45) is 3.78. The van der Waals surface area contributed by atoms with Crippen molar-refractivity contribution in [3.8, 4) is 0 Å². The first-order valence-electron chi connectivity index (χ1n) is 6.15. The van der Waals surface area contributed by atoms with Crippen LogP contribution in [-0.2, 0) is 23.9 Å². The van der Waals surface area contributed by atoms with E-state index in [-0.39, 0.29) is 19.1 Å². The Bertz CT molecular complexity index is 412. The summed E-state index contributed by atoms with van der Waals surface area (Å²) in [5.41, 5.74) is -0.588. The zero-order valence-electron chi connectivity index (χ0n) is 10.3. The van der Waals surface area contributed by atoms with Gasteiger partial charge < -0.3 is 9.47 Å². The van der Waals surface area contributed by atoms with Gasteiger partial charge in [0.1, 0.15) is 6.29 Å². The molecule has 1 fully saturated rings. The van der Waals surface area contributed by atoms with Gasteiger partial charge in [-0.1, -0.05) is 6.08 Å². The first-order chi connectivity index (χ1) is 8.65. The summed E-state index contributed by atoms with van der Waals surface area (Å²) in [6, 6.07) is 0. The molecule has 0 aromatic rings. The second-order valence-electron chi connectivity index (χ2n) is 4.58. The molecule has 2 rings (SSSR count). The van der Waals surface area contributed by atoms with Crippen LogP contribution >= 0.6 is 0 Å². The maximum Gasteiger partial charge on any atom is 0.324 e. The third-order valence-corrected chi connectivity index (χ3v) is 3.67. The van der Waals surface area contributed by atoms with Gasteiger partial charge in [-0.3, -0.25) is 14.4 Å². The zero-order valence-corrected chi connectivity index (χ0v) is 10.3. The van der Waals surface area contributed by atoms with Crippen molar-refractivity contribution in [2.45, 2.75) is 26.2 Å². The monoisotopic (exact) mass is 252 g/mol. The van der Waals surface area contributed by atoms with Gasteiger partial charge in [-0.2, -0.15) is 0 Å². The largest absolute Gasteiger partial charge is 0.465 e. The Balaban J connectivity index is 2.38. The van der Waals surface area contributed by atoms with Crippen LogP contribution in [0, 0.1) is 11.3 Å². The highest BCUT2D eigenvalue weighted by Gasteiger charge is 2.57. The molecule has 5 heteroatoms. The quantitative estimate of drug-likeness (QED) is 0.426. The fourth-order valence-corrected chi connectivity index (χ4v) is 2.70. The third kappa shape index (κ3) is 1.83. The molecule has 0 aromatic heterocycles. The molecule has 0 bridgehead atoms. The molecule has 5 nitrogen and oxygen atoms in total. The van der Waals surface area contributed by atoms with E-state index in [9.17, 15) is 14.4 Å². The Morgan fingerprint density at radius 3 is 3.11 bits per heavy atom. The Labute approximate surface area is 105 Å². The molecule has 1 saturated heterocycles. The highest BCUT2D eigenvalue weighted by atomic mass is 16.6. The van der Waals surface area contributed by atoms with E-state index in [4.69, 9.17) is 9.47 Å². The molecule has 2 atom stereocenters. The Kier molecular flexibility index (Phi) is 3.50. The average molecular weight is 252 g/mol. The highest BCUT2D eigenvalue weighted by molar-refractivity contribution is 6.01. The number of carbonyl (C=O) groups excluding carboxylic acids is 3. The van der Waals surface area contributed by atoms with Gasteiger partial charge in [0.15, 0.2) is 5.41 Å². The highest BCUT2D eigenvalue weighted by Crippen LogP contribution is 2.46. The molecule has 0 spiro atoms. The molecule has 0 amide bonds. The van der Waals surface area contributed by atoms with Gasteiger partial charge in [-0.15, -0.1) is 0 Å². The summed E-state index contributed by atoms with van der Waals surface area (Å²) in [5, 5.41) is 0. The number of cyclic esters (lactones) is 1. The number of hydrogen-bond donors (Lipinski definition) is 0. The minimum Gasteiger partial charge on any atom is -0.465 e. The van der Waals surface area contributed by atoms with Crippen LogP contribution in [0.4, 0.5) is 0 Å². The molecule has 18 heavy (non-hydrogen) atoms. The van der Waals surface area contributed by atoms with Crippen molar-refractivity contribution in [2.75, 3.05) is 13.2 Å². The van der Waals surface area contributed by atoms with Gasteiger partial charge in [0.05, 0.1) is 13.2 Å². The first kappa shape index (κ1) is 12.8. The molecule has 0 radical (unpaired) electrons. The fourth-order valence-electron chi connectivity index (χ4n) is 2.70. The lowest BCUT2D eigenvalue weighted by Crippen LogP contribution is -2.52. The lowest BCUT2D eigenvalue weighted by molar-refractivity contribution is -0.183. The van der Waals surface area contributed by atoms with Gasteiger partial charge in [0.2, 0.25) is 0 Å². The van der Waals surface area contributed by atoms with Crippen molar-refractivity contribution in [1.29, 1.82) is 0 Å². The van der Waals surface area contributed by atoms with Gasteiger partial charge in [-0.05, 0) is 31.8 Å². The summed E-state index contributed by atoms with van der Waals surface area (Å²) in [6.45, 7) is 2.21. The Morgan fingerprint density at radius 2 is 2.44 bits per heavy atom. The van der Waals surface area contributed by atoms with Crippen LogP contribution < -0.4 is 0 Å². The molecule has 0 unspecified atom stereocenters. The Hall–Kier alpha value is -1.65. The van der Waals surface area contributed by atoms with E-state index in [1.165, 1.54) is 0 Å². The molecular weight excluding hydrogens is 236 g/mol. The predicted octanol–water partition coefficient (Wildman–Crippen LogP) is 1.02. The summed E-state index contributed by atoms with van der Waals surface area (Å²) < 4.78 is 10.1.